The summed E-state index contributed by atoms with van der Waals surface area (Å²) in [5.41, 5.74) is -0.608. The van der Waals surface area contributed by atoms with E-state index in [1.807, 2.05) is 19.1 Å². The van der Waals surface area contributed by atoms with Crippen molar-refractivity contribution in [1.82, 2.24) is 10.6 Å². The maximum absolute atomic E-state index is 11.8. The first kappa shape index (κ1) is 20.2. The molecule has 7 heteroatoms. The molecule has 2 amide bonds. The first-order valence-electron chi connectivity index (χ1n) is 7.40. The van der Waals surface area contributed by atoms with Gasteiger partial charge in [-0.1, -0.05) is 18.2 Å². The van der Waals surface area contributed by atoms with Gasteiger partial charge in [0.2, 0.25) is 5.91 Å². The Labute approximate surface area is 133 Å². The lowest BCUT2D eigenvalue weighted by Gasteiger charge is -2.21. The molecule has 0 aliphatic rings. The Morgan fingerprint density at radius 3 is 2.41 bits per heavy atom. The summed E-state index contributed by atoms with van der Waals surface area (Å²) in [5, 5.41) is 14.6. The molecule has 0 unspecified atom stereocenters. The number of hydrogen-bond acceptors (Lipinski definition) is 4. The molecule has 0 bridgehead atoms. The molecule has 0 aromatic heterocycles. The quantitative estimate of drug-likeness (QED) is 0.480. The topological polar surface area (TPSA) is 87.7 Å². The predicted octanol–water partition coefficient (Wildman–Crippen LogP) is 0.817. The maximum Gasteiger partial charge on any atom is 0.407 e. The Bertz CT molecular complexity index is 416. The van der Waals surface area contributed by atoms with Gasteiger partial charge in [0.15, 0.2) is 0 Å². The van der Waals surface area contributed by atoms with Crippen molar-refractivity contribution in [2.75, 3.05) is 0 Å². The zero-order chi connectivity index (χ0) is 17.2. The monoisotopic (exact) mass is 310 g/mol. The van der Waals surface area contributed by atoms with E-state index in [-0.39, 0.29) is 5.91 Å². The van der Waals surface area contributed by atoms with Crippen LogP contribution in [-0.4, -0.2) is 42.6 Å². The number of hydrogen-bond donors (Lipinski definition) is 3. The number of allylic oxidation sites excluding steroid dienone is 1. The van der Waals surface area contributed by atoms with E-state index in [1.165, 1.54) is 6.20 Å². The smallest absolute Gasteiger partial charge is 0.407 e. The van der Waals surface area contributed by atoms with Gasteiger partial charge >= 0.3 is 6.09 Å². The van der Waals surface area contributed by atoms with Crippen LogP contribution in [0.2, 0.25) is 0 Å². The Hall–Kier alpha value is -1.76. The minimum Gasteiger partial charge on any atom is -0.444 e. The SMILES string of the molecule is B[C@H](NC(=O)OC(C)(C)C)C(=O)N/C=C\C[C@@H](O)C/C=C\C. The molecule has 0 aliphatic heterocycles. The molecule has 0 heterocycles. The van der Waals surface area contributed by atoms with Crippen molar-refractivity contribution in [3.8, 4) is 0 Å². The molecular formula is C15H27BN2O4. The van der Waals surface area contributed by atoms with Crippen LogP contribution in [0.4, 0.5) is 4.79 Å². The largest absolute Gasteiger partial charge is 0.444 e. The number of rotatable bonds is 7. The first-order chi connectivity index (χ1) is 10.2. The number of carbonyl (C=O) groups excluding carboxylic acids is 2. The van der Waals surface area contributed by atoms with Crippen LogP contribution in [0.5, 0.6) is 0 Å². The molecule has 0 aliphatic carbocycles. The molecule has 0 fully saturated rings. The van der Waals surface area contributed by atoms with Crippen LogP contribution in [0, 0.1) is 0 Å². The van der Waals surface area contributed by atoms with Gasteiger partial charge in [0.25, 0.3) is 0 Å². The van der Waals surface area contributed by atoms with Crippen LogP contribution in [0.1, 0.15) is 40.5 Å². The van der Waals surface area contributed by atoms with E-state index in [1.54, 1.807) is 34.7 Å². The Balaban J connectivity index is 4.08. The highest BCUT2D eigenvalue weighted by Gasteiger charge is 2.20. The van der Waals surface area contributed by atoms with E-state index in [2.05, 4.69) is 10.6 Å². The lowest BCUT2D eigenvalue weighted by molar-refractivity contribution is -0.120. The lowest BCUT2D eigenvalue weighted by atomic mass is 9.96. The van der Waals surface area contributed by atoms with Crippen molar-refractivity contribution in [1.29, 1.82) is 0 Å². The van der Waals surface area contributed by atoms with Gasteiger partial charge in [0.05, 0.1) is 12.0 Å². The zero-order valence-electron chi connectivity index (χ0n) is 14.1. The van der Waals surface area contributed by atoms with Crippen molar-refractivity contribution in [3.63, 3.8) is 0 Å². The molecule has 3 N–H and O–H groups in total. The second-order valence-electron chi connectivity index (χ2n) is 5.97. The Morgan fingerprint density at radius 2 is 1.86 bits per heavy atom. The highest BCUT2D eigenvalue weighted by Crippen LogP contribution is 2.06. The summed E-state index contributed by atoms with van der Waals surface area (Å²) >= 11 is 0. The highest BCUT2D eigenvalue weighted by molar-refractivity contribution is 6.25. The molecule has 0 aromatic rings. The van der Waals surface area contributed by atoms with Gasteiger partial charge in [-0.2, -0.15) is 0 Å². The number of aliphatic hydroxyl groups is 1. The van der Waals surface area contributed by atoms with Crippen molar-refractivity contribution in [2.24, 2.45) is 0 Å². The fraction of sp³-hybridized carbons (Fsp3) is 0.600. The molecule has 124 valence electrons. The van der Waals surface area contributed by atoms with Gasteiger partial charge in [-0.05, 0) is 46.7 Å². The minimum absolute atomic E-state index is 0.356. The van der Waals surface area contributed by atoms with Gasteiger partial charge in [-0.3, -0.25) is 4.79 Å². The first-order valence-corrected chi connectivity index (χ1v) is 7.40. The van der Waals surface area contributed by atoms with E-state index >= 15 is 0 Å². The third kappa shape index (κ3) is 11.0. The normalized spacial score (nSPS) is 14.8. The number of aliphatic hydroxyl groups excluding tert-OH is 1. The van der Waals surface area contributed by atoms with Gasteiger partial charge in [0.1, 0.15) is 13.4 Å². The summed E-state index contributed by atoms with van der Waals surface area (Å²) in [4.78, 5) is 23.3. The van der Waals surface area contributed by atoms with E-state index in [0.29, 0.717) is 12.8 Å². The van der Waals surface area contributed by atoms with Gasteiger partial charge in [-0.15, -0.1) is 0 Å². The molecule has 22 heavy (non-hydrogen) atoms. The number of ether oxygens (including phenoxy) is 1. The molecule has 0 radical (unpaired) electrons. The second-order valence-corrected chi connectivity index (χ2v) is 5.97. The molecule has 2 atom stereocenters. The number of nitrogens with one attached hydrogen (secondary N) is 2. The number of alkyl carbamates (subject to hydrolysis) is 1. The second kappa shape index (κ2) is 10.1. The molecule has 6 nitrogen and oxygen atoms in total. The fourth-order valence-corrected chi connectivity index (χ4v) is 1.43. The molecule has 0 saturated carbocycles. The van der Waals surface area contributed by atoms with Gasteiger partial charge < -0.3 is 20.5 Å². The summed E-state index contributed by atoms with van der Waals surface area (Å²) in [6.07, 6.45) is 6.80. The summed E-state index contributed by atoms with van der Waals surface area (Å²) < 4.78 is 5.07. The molecule has 0 saturated heterocycles. The van der Waals surface area contributed by atoms with Gasteiger partial charge in [0, 0.05) is 0 Å². The molecule has 0 rings (SSSR count). The van der Waals surface area contributed by atoms with E-state index in [4.69, 9.17) is 4.74 Å². The van der Waals surface area contributed by atoms with Crippen molar-refractivity contribution < 1.29 is 19.4 Å². The Morgan fingerprint density at radius 1 is 1.27 bits per heavy atom. The summed E-state index contributed by atoms with van der Waals surface area (Å²) in [5.74, 6) is -1.07. The van der Waals surface area contributed by atoms with Crippen LogP contribution in [0.25, 0.3) is 0 Å². The van der Waals surface area contributed by atoms with Crippen molar-refractivity contribution in [3.05, 3.63) is 24.4 Å². The van der Waals surface area contributed by atoms with Crippen LogP contribution in [0.3, 0.4) is 0 Å². The van der Waals surface area contributed by atoms with E-state index < -0.39 is 23.7 Å². The maximum atomic E-state index is 11.8. The van der Waals surface area contributed by atoms with Crippen LogP contribution in [0.15, 0.2) is 24.4 Å². The van der Waals surface area contributed by atoms with Crippen molar-refractivity contribution >= 4 is 19.8 Å². The van der Waals surface area contributed by atoms with Crippen LogP contribution < -0.4 is 10.6 Å². The molecular weight excluding hydrogens is 283 g/mol. The lowest BCUT2D eigenvalue weighted by Crippen LogP contribution is -2.47. The minimum atomic E-state index is -0.715. The van der Waals surface area contributed by atoms with Crippen LogP contribution >= 0.6 is 0 Å². The van der Waals surface area contributed by atoms with Gasteiger partial charge in [-0.25, -0.2) is 4.79 Å². The predicted molar refractivity (Wildman–Crippen MR) is 89.0 cm³/mol. The van der Waals surface area contributed by atoms with E-state index in [0.717, 1.165) is 0 Å². The summed E-state index contributed by atoms with van der Waals surface area (Å²) in [7, 11) is 1.56. The highest BCUT2D eigenvalue weighted by atomic mass is 16.6. The summed E-state index contributed by atoms with van der Waals surface area (Å²) in [6, 6.07) is 0. The zero-order valence-corrected chi connectivity index (χ0v) is 14.1. The molecule has 0 spiro atoms. The standard InChI is InChI=1S/C15H27BN2O4/c1-5-6-8-11(19)9-7-10-17-13(20)12(16)18-14(21)22-15(2,3)4/h5-7,10-12,19H,8-9,16H2,1-4H3,(H,17,20)(H,18,21)/b6-5-,10-7-/t11-,12+/m0/s1. The summed E-state index contributed by atoms with van der Waals surface area (Å²) in [6.45, 7) is 7.14. The third-order valence-electron chi connectivity index (χ3n) is 2.52. The van der Waals surface area contributed by atoms with Crippen molar-refractivity contribution in [2.45, 2.75) is 58.2 Å². The third-order valence-corrected chi connectivity index (χ3v) is 2.52. The van der Waals surface area contributed by atoms with Crippen LogP contribution in [-0.2, 0) is 9.53 Å². The number of amides is 2. The number of carbonyl (C=O) groups is 2. The fourth-order valence-electron chi connectivity index (χ4n) is 1.43. The average molecular weight is 310 g/mol. The Kier molecular flexibility index (Phi) is 9.25. The average Bonchev–Trinajstić information content (AvgIpc) is 2.38. The van der Waals surface area contributed by atoms with E-state index in [9.17, 15) is 14.7 Å². The molecule has 0 aromatic carbocycles.